The molecule has 0 saturated carbocycles. The minimum Gasteiger partial charge on any atom is -0.325 e. The second kappa shape index (κ2) is 7.54. The highest BCUT2D eigenvalue weighted by molar-refractivity contribution is 7.93. The zero-order valence-corrected chi connectivity index (χ0v) is 20.1. The van der Waals surface area contributed by atoms with Crippen molar-refractivity contribution in [3.8, 4) is 11.3 Å². The van der Waals surface area contributed by atoms with Crippen LogP contribution in [-0.4, -0.2) is 41.2 Å². The summed E-state index contributed by atoms with van der Waals surface area (Å²) in [5, 5.41) is 10.9. The molecule has 2 aromatic heterocycles. The van der Waals surface area contributed by atoms with Crippen LogP contribution in [0, 0.1) is 0 Å². The standard InChI is InChI=1S/C25H24N6O3S/c1-25(2)19-14-16(8-10-20(19)28-23(25)32)27-24-26-15-17-9-11-22(31(17)29-24)18-6-3-4-7-21(18)30-12-5-13-35(30,33)34/h3-4,6-11,14-15H,5,12-13H2,1-2H3,(H,27,29)(H,28,32). The third-order valence-corrected chi connectivity index (χ3v) is 8.57. The SMILES string of the molecule is CC1(C)C(=O)Nc2ccc(Nc3ncc4ccc(-c5ccccc5N5CCCS5(=O)=O)n4n3)cc21. The molecule has 0 unspecified atom stereocenters. The van der Waals surface area contributed by atoms with Crippen LogP contribution in [0.3, 0.4) is 0 Å². The number of sulfonamides is 1. The molecule has 0 spiro atoms. The maximum absolute atomic E-state index is 12.6. The summed E-state index contributed by atoms with van der Waals surface area (Å²) < 4.78 is 28.5. The molecular weight excluding hydrogens is 464 g/mol. The van der Waals surface area contributed by atoms with Crippen molar-refractivity contribution < 1.29 is 13.2 Å². The third kappa shape index (κ3) is 3.44. The number of nitrogens with zero attached hydrogens (tertiary/aromatic N) is 4. The second-order valence-corrected chi connectivity index (χ2v) is 11.4. The molecule has 2 N–H and O–H groups in total. The monoisotopic (exact) mass is 488 g/mol. The predicted molar refractivity (Wildman–Crippen MR) is 136 cm³/mol. The zero-order valence-electron chi connectivity index (χ0n) is 19.3. The molecule has 6 rings (SSSR count). The van der Waals surface area contributed by atoms with Crippen LogP contribution in [0.15, 0.2) is 60.8 Å². The molecule has 35 heavy (non-hydrogen) atoms. The summed E-state index contributed by atoms with van der Waals surface area (Å²) in [4.78, 5) is 16.7. The van der Waals surface area contributed by atoms with Gasteiger partial charge in [0.15, 0.2) is 0 Å². The Morgan fingerprint density at radius 3 is 2.71 bits per heavy atom. The summed E-state index contributed by atoms with van der Waals surface area (Å²) in [6, 6.07) is 17.0. The smallest absolute Gasteiger partial charge is 0.245 e. The van der Waals surface area contributed by atoms with Crippen molar-refractivity contribution in [3.63, 3.8) is 0 Å². The average molecular weight is 489 g/mol. The lowest BCUT2D eigenvalue weighted by Crippen LogP contribution is -2.26. The summed E-state index contributed by atoms with van der Waals surface area (Å²) in [6.07, 6.45) is 2.33. The fraction of sp³-hybridized carbons (Fsp3) is 0.240. The number of hydrogen-bond donors (Lipinski definition) is 2. The maximum Gasteiger partial charge on any atom is 0.245 e. The maximum atomic E-state index is 12.6. The molecule has 1 fully saturated rings. The lowest BCUT2D eigenvalue weighted by molar-refractivity contribution is -0.119. The molecule has 0 radical (unpaired) electrons. The van der Waals surface area contributed by atoms with Gasteiger partial charge in [-0.1, -0.05) is 18.2 Å². The Morgan fingerprint density at radius 2 is 1.91 bits per heavy atom. The van der Waals surface area contributed by atoms with Crippen LogP contribution < -0.4 is 14.9 Å². The molecule has 1 amide bonds. The van der Waals surface area contributed by atoms with E-state index < -0.39 is 15.4 Å². The van der Waals surface area contributed by atoms with Crippen molar-refractivity contribution in [3.05, 3.63) is 66.4 Å². The van der Waals surface area contributed by atoms with Crippen LogP contribution in [-0.2, 0) is 20.2 Å². The molecule has 9 nitrogen and oxygen atoms in total. The first-order chi connectivity index (χ1) is 16.7. The number of nitrogens with one attached hydrogen (secondary N) is 2. The Morgan fingerprint density at radius 1 is 1.09 bits per heavy atom. The van der Waals surface area contributed by atoms with Gasteiger partial charge in [0.05, 0.1) is 34.3 Å². The fourth-order valence-electron chi connectivity index (χ4n) is 4.76. The van der Waals surface area contributed by atoms with Gasteiger partial charge in [0.2, 0.25) is 21.9 Å². The molecule has 2 aliphatic heterocycles. The minimum absolute atomic E-state index is 0.0296. The zero-order chi connectivity index (χ0) is 24.4. The Hall–Kier alpha value is -3.92. The Balaban J connectivity index is 1.39. The number of para-hydroxylation sites is 1. The van der Waals surface area contributed by atoms with Crippen molar-refractivity contribution in [2.24, 2.45) is 0 Å². The van der Waals surface area contributed by atoms with E-state index in [2.05, 4.69) is 15.6 Å². The van der Waals surface area contributed by atoms with Gasteiger partial charge in [0, 0.05) is 23.5 Å². The van der Waals surface area contributed by atoms with Crippen LogP contribution in [0.4, 0.5) is 23.0 Å². The molecular formula is C25H24N6O3S. The number of aromatic nitrogens is 3. The van der Waals surface area contributed by atoms with Crippen molar-refractivity contribution >= 4 is 44.5 Å². The molecule has 1 saturated heterocycles. The molecule has 2 aromatic carbocycles. The van der Waals surface area contributed by atoms with E-state index in [0.717, 1.165) is 33.7 Å². The van der Waals surface area contributed by atoms with E-state index in [1.54, 1.807) is 10.7 Å². The van der Waals surface area contributed by atoms with E-state index >= 15 is 0 Å². The van der Waals surface area contributed by atoms with Gasteiger partial charge in [-0.05, 0) is 62.2 Å². The molecule has 4 aromatic rings. The van der Waals surface area contributed by atoms with Gasteiger partial charge >= 0.3 is 0 Å². The summed E-state index contributed by atoms with van der Waals surface area (Å²) in [6.45, 7) is 4.26. The highest BCUT2D eigenvalue weighted by atomic mass is 32.2. The molecule has 2 aliphatic rings. The lowest BCUT2D eigenvalue weighted by atomic mass is 9.86. The van der Waals surface area contributed by atoms with E-state index in [-0.39, 0.29) is 11.7 Å². The Kier molecular flexibility index (Phi) is 4.65. The Bertz CT molecular complexity index is 1610. The number of anilines is 4. The van der Waals surface area contributed by atoms with E-state index in [1.165, 1.54) is 4.31 Å². The van der Waals surface area contributed by atoms with Crippen molar-refractivity contribution in [2.75, 3.05) is 27.2 Å². The second-order valence-electron chi connectivity index (χ2n) is 9.36. The van der Waals surface area contributed by atoms with Gasteiger partial charge in [-0.2, -0.15) is 0 Å². The number of carbonyl (C=O) groups excluding carboxylic acids is 1. The molecule has 0 bridgehead atoms. The van der Waals surface area contributed by atoms with Gasteiger partial charge in [0.25, 0.3) is 0 Å². The summed E-state index contributed by atoms with van der Waals surface area (Å²) in [5.74, 6) is 0.514. The number of hydrogen-bond acceptors (Lipinski definition) is 6. The molecule has 0 aliphatic carbocycles. The van der Waals surface area contributed by atoms with Crippen LogP contribution in [0.1, 0.15) is 25.8 Å². The highest BCUT2D eigenvalue weighted by Gasteiger charge is 2.38. The Labute approximate surface area is 202 Å². The van der Waals surface area contributed by atoms with Crippen molar-refractivity contribution in [2.45, 2.75) is 25.7 Å². The predicted octanol–water partition coefficient (Wildman–Crippen LogP) is 3.91. The van der Waals surface area contributed by atoms with Gasteiger partial charge < -0.3 is 10.6 Å². The van der Waals surface area contributed by atoms with E-state index in [9.17, 15) is 13.2 Å². The van der Waals surface area contributed by atoms with Gasteiger partial charge in [-0.15, -0.1) is 5.10 Å². The van der Waals surface area contributed by atoms with Crippen LogP contribution in [0.2, 0.25) is 0 Å². The minimum atomic E-state index is -3.32. The highest BCUT2D eigenvalue weighted by Crippen LogP contribution is 2.39. The summed E-state index contributed by atoms with van der Waals surface area (Å²) in [5.41, 5.74) is 4.86. The normalized spacial score (nSPS) is 18.0. The first-order valence-corrected chi connectivity index (χ1v) is 13.0. The molecule has 178 valence electrons. The number of amides is 1. The van der Waals surface area contributed by atoms with Gasteiger partial charge in [0.1, 0.15) is 0 Å². The fourth-order valence-corrected chi connectivity index (χ4v) is 6.34. The first kappa shape index (κ1) is 21.6. The average Bonchev–Trinajstić information content (AvgIpc) is 3.47. The molecule has 10 heteroatoms. The van der Waals surface area contributed by atoms with Crippen molar-refractivity contribution in [1.82, 2.24) is 14.6 Å². The van der Waals surface area contributed by atoms with Crippen LogP contribution in [0.5, 0.6) is 0 Å². The quantitative estimate of drug-likeness (QED) is 0.451. The van der Waals surface area contributed by atoms with Crippen LogP contribution >= 0.6 is 0 Å². The number of carbonyl (C=O) groups is 1. The third-order valence-electron chi connectivity index (χ3n) is 6.71. The number of fused-ring (bicyclic) bond motifs is 2. The van der Waals surface area contributed by atoms with E-state index in [4.69, 9.17) is 5.10 Å². The first-order valence-electron chi connectivity index (χ1n) is 11.4. The molecule has 0 atom stereocenters. The van der Waals surface area contributed by atoms with Crippen molar-refractivity contribution in [1.29, 1.82) is 0 Å². The van der Waals surface area contributed by atoms with E-state index in [0.29, 0.717) is 24.6 Å². The van der Waals surface area contributed by atoms with E-state index in [1.807, 2.05) is 68.4 Å². The lowest BCUT2D eigenvalue weighted by Gasteiger charge is -2.20. The number of benzene rings is 2. The van der Waals surface area contributed by atoms with Gasteiger partial charge in [-0.3, -0.25) is 9.10 Å². The largest absolute Gasteiger partial charge is 0.325 e. The van der Waals surface area contributed by atoms with Crippen LogP contribution in [0.25, 0.3) is 16.8 Å². The van der Waals surface area contributed by atoms with Gasteiger partial charge in [-0.25, -0.2) is 17.9 Å². The molecule has 4 heterocycles. The topological polar surface area (TPSA) is 109 Å². The summed E-state index contributed by atoms with van der Waals surface area (Å²) in [7, 11) is -3.32. The summed E-state index contributed by atoms with van der Waals surface area (Å²) >= 11 is 0. The number of rotatable bonds is 4.